The second kappa shape index (κ2) is 11.5. The fraction of sp³-hybridized carbons (Fsp3) is 0.207. The van der Waals surface area contributed by atoms with Gasteiger partial charge in [-0.3, -0.25) is 9.59 Å². The van der Waals surface area contributed by atoms with Crippen LogP contribution in [0.3, 0.4) is 0 Å². The van der Waals surface area contributed by atoms with Gasteiger partial charge in [-0.1, -0.05) is 48.2 Å². The summed E-state index contributed by atoms with van der Waals surface area (Å²) >= 11 is 2.76. The summed E-state index contributed by atoms with van der Waals surface area (Å²) in [6, 6.07) is 19.7. The zero-order valence-electron chi connectivity index (χ0n) is 21.1. The number of nitrogens with zero attached hydrogens (tertiary/aromatic N) is 1. The van der Waals surface area contributed by atoms with Gasteiger partial charge in [0, 0.05) is 27.5 Å². The number of nitriles is 1. The minimum atomic E-state index is -0.528. The zero-order valence-corrected chi connectivity index (χ0v) is 22.8. The van der Waals surface area contributed by atoms with Gasteiger partial charge >= 0.3 is 0 Å². The van der Waals surface area contributed by atoms with Gasteiger partial charge in [0.1, 0.15) is 0 Å². The van der Waals surface area contributed by atoms with E-state index in [-0.39, 0.29) is 17.6 Å². The van der Waals surface area contributed by atoms with Gasteiger partial charge in [-0.15, -0.1) is 11.3 Å². The van der Waals surface area contributed by atoms with Crippen LogP contribution in [-0.2, 0) is 9.59 Å². The van der Waals surface area contributed by atoms with Gasteiger partial charge in [0.25, 0.3) is 5.91 Å². The second-order valence-corrected chi connectivity index (χ2v) is 10.9. The number of benzene rings is 2. The van der Waals surface area contributed by atoms with Crippen molar-refractivity contribution >= 4 is 46.3 Å². The van der Waals surface area contributed by atoms with Gasteiger partial charge in [-0.25, -0.2) is 0 Å². The van der Waals surface area contributed by atoms with Gasteiger partial charge in [0.2, 0.25) is 5.91 Å². The molecular formula is C29H28N4O2S2. The smallest absolute Gasteiger partial charge is 0.254 e. The number of dihydropyridines is 1. The van der Waals surface area contributed by atoms with Crippen LogP contribution in [0.15, 0.2) is 81.8 Å². The summed E-state index contributed by atoms with van der Waals surface area (Å²) in [6.07, 6.45) is 0. The minimum Gasteiger partial charge on any atom is -0.353 e. The number of allylic oxidation sites excluding steroid dienone is 2. The molecule has 2 amide bonds. The summed E-state index contributed by atoms with van der Waals surface area (Å²) in [5, 5.41) is 21.9. The summed E-state index contributed by atoms with van der Waals surface area (Å²) in [4.78, 5) is 27.2. The number of amides is 2. The van der Waals surface area contributed by atoms with Gasteiger partial charge in [-0.2, -0.15) is 5.26 Å². The summed E-state index contributed by atoms with van der Waals surface area (Å²) in [5.74, 6) is -0.833. The van der Waals surface area contributed by atoms with Crippen molar-refractivity contribution in [2.75, 3.05) is 16.4 Å². The fourth-order valence-electron chi connectivity index (χ4n) is 4.16. The SMILES string of the molecule is CC1=C(C(=O)Nc2ccccc2C)[C@@H](c2cccs2)C(C#N)=C(SCC(=O)Nc2cc(C)ccc2C)N1. The first-order chi connectivity index (χ1) is 17.8. The van der Waals surface area contributed by atoms with Crippen LogP contribution >= 0.6 is 23.1 Å². The highest BCUT2D eigenvalue weighted by atomic mass is 32.2. The monoisotopic (exact) mass is 528 g/mol. The normalized spacial score (nSPS) is 15.2. The lowest BCUT2D eigenvalue weighted by Crippen LogP contribution is -2.31. The number of hydrogen-bond donors (Lipinski definition) is 3. The van der Waals surface area contributed by atoms with Crippen molar-refractivity contribution in [3.05, 3.63) is 103 Å². The fourth-order valence-corrected chi connectivity index (χ4v) is 5.90. The molecule has 3 aromatic rings. The molecule has 188 valence electrons. The predicted octanol–water partition coefficient (Wildman–Crippen LogP) is 6.38. The lowest BCUT2D eigenvalue weighted by atomic mass is 9.86. The number of hydrogen-bond acceptors (Lipinski definition) is 6. The first-order valence-electron chi connectivity index (χ1n) is 11.8. The first kappa shape index (κ1) is 26.3. The maximum absolute atomic E-state index is 13.5. The molecule has 4 rings (SSSR count). The third-order valence-electron chi connectivity index (χ3n) is 6.13. The van der Waals surface area contributed by atoms with Crippen molar-refractivity contribution in [2.24, 2.45) is 0 Å². The first-order valence-corrected chi connectivity index (χ1v) is 13.7. The van der Waals surface area contributed by atoms with Crippen molar-refractivity contribution in [3.8, 4) is 6.07 Å². The molecule has 0 saturated heterocycles. The number of para-hydroxylation sites is 1. The highest BCUT2D eigenvalue weighted by molar-refractivity contribution is 8.03. The Morgan fingerprint density at radius 2 is 1.76 bits per heavy atom. The Balaban J connectivity index is 1.59. The van der Waals surface area contributed by atoms with E-state index in [1.54, 1.807) is 0 Å². The number of thiophene rings is 1. The Kier molecular flexibility index (Phi) is 8.17. The van der Waals surface area contributed by atoms with E-state index in [9.17, 15) is 14.9 Å². The van der Waals surface area contributed by atoms with Crippen molar-refractivity contribution in [2.45, 2.75) is 33.6 Å². The molecule has 37 heavy (non-hydrogen) atoms. The lowest BCUT2D eigenvalue weighted by Gasteiger charge is -2.29. The number of aryl methyl sites for hydroxylation is 3. The van der Waals surface area contributed by atoms with E-state index in [0.717, 1.165) is 32.9 Å². The molecule has 1 aromatic heterocycles. The average molecular weight is 529 g/mol. The molecule has 0 unspecified atom stereocenters. The number of anilines is 2. The quantitative estimate of drug-likeness (QED) is 0.331. The van der Waals surface area contributed by atoms with Crippen molar-refractivity contribution in [3.63, 3.8) is 0 Å². The maximum Gasteiger partial charge on any atom is 0.254 e. The van der Waals surface area contributed by atoms with Crippen molar-refractivity contribution in [1.82, 2.24) is 5.32 Å². The highest BCUT2D eigenvalue weighted by Crippen LogP contribution is 2.42. The van der Waals surface area contributed by atoms with E-state index in [1.165, 1.54) is 23.1 Å². The molecule has 0 radical (unpaired) electrons. The number of rotatable bonds is 7. The van der Waals surface area contributed by atoms with Gasteiger partial charge < -0.3 is 16.0 Å². The number of nitrogens with one attached hydrogen (secondary N) is 3. The molecule has 2 heterocycles. The van der Waals surface area contributed by atoms with E-state index in [1.807, 2.05) is 87.7 Å². The van der Waals surface area contributed by atoms with Crippen LogP contribution in [0.5, 0.6) is 0 Å². The summed E-state index contributed by atoms with van der Waals surface area (Å²) < 4.78 is 0. The molecule has 6 nitrogen and oxygen atoms in total. The van der Waals surface area contributed by atoms with Crippen LogP contribution < -0.4 is 16.0 Å². The Labute approximate surface area is 225 Å². The van der Waals surface area contributed by atoms with Crippen LogP contribution in [0, 0.1) is 32.1 Å². The second-order valence-electron chi connectivity index (χ2n) is 8.89. The van der Waals surface area contributed by atoms with Crippen molar-refractivity contribution < 1.29 is 9.59 Å². The Morgan fingerprint density at radius 3 is 2.46 bits per heavy atom. The molecule has 2 aromatic carbocycles. The topological polar surface area (TPSA) is 94.0 Å². The molecular weight excluding hydrogens is 500 g/mol. The molecule has 0 aliphatic carbocycles. The number of thioether (sulfide) groups is 1. The Bertz CT molecular complexity index is 1450. The third-order valence-corrected chi connectivity index (χ3v) is 8.08. The molecule has 3 N–H and O–H groups in total. The molecule has 8 heteroatoms. The molecule has 0 spiro atoms. The standard InChI is InChI=1S/C29H28N4O2S2/c1-17-11-12-19(3)23(14-17)32-25(34)16-37-29-21(15-30)27(24-10-7-13-36-24)26(20(4)31-29)28(35)33-22-9-6-5-8-18(22)2/h5-14,27,31H,16H2,1-4H3,(H,32,34)(H,33,35)/t27-/m1/s1. The minimum absolute atomic E-state index is 0.121. The number of carbonyl (C=O) groups is 2. The Morgan fingerprint density at radius 1 is 1.00 bits per heavy atom. The highest BCUT2D eigenvalue weighted by Gasteiger charge is 2.35. The van der Waals surface area contributed by atoms with Crippen LogP contribution in [0.1, 0.15) is 34.4 Å². The van der Waals surface area contributed by atoms with Crippen molar-refractivity contribution in [1.29, 1.82) is 5.26 Å². The van der Waals surface area contributed by atoms with Crippen LogP contribution in [0.25, 0.3) is 0 Å². The van der Waals surface area contributed by atoms with E-state index < -0.39 is 5.92 Å². The molecule has 1 aliphatic heterocycles. The van der Waals surface area contributed by atoms with Crippen LogP contribution in [0.2, 0.25) is 0 Å². The van der Waals surface area contributed by atoms with E-state index in [4.69, 9.17) is 0 Å². The molecule has 0 fully saturated rings. The predicted molar refractivity (Wildman–Crippen MR) is 152 cm³/mol. The largest absolute Gasteiger partial charge is 0.353 e. The van der Waals surface area contributed by atoms with E-state index in [0.29, 0.717) is 21.9 Å². The third kappa shape index (κ3) is 5.96. The Hall–Kier alpha value is -3.80. The maximum atomic E-state index is 13.5. The summed E-state index contributed by atoms with van der Waals surface area (Å²) in [7, 11) is 0. The molecule has 0 saturated carbocycles. The summed E-state index contributed by atoms with van der Waals surface area (Å²) in [5.41, 5.74) is 6.07. The lowest BCUT2D eigenvalue weighted by molar-refractivity contribution is -0.114. The van der Waals surface area contributed by atoms with Crippen LogP contribution in [-0.4, -0.2) is 17.6 Å². The van der Waals surface area contributed by atoms with Crippen LogP contribution in [0.4, 0.5) is 11.4 Å². The van der Waals surface area contributed by atoms with E-state index in [2.05, 4.69) is 22.0 Å². The van der Waals surface area contributed by atoms with E-state index >= 15 is 0 Å². The van der Waals surface area contributed by atoms with Gasteiger partial charge in [0.05, 0.1) is 28.3 Å². The average Bonchev–Trinajstić information content (AvgIpc) is 3.40. The molecule has 0 bridgehead atoms. The molecule has 1 atom stereocenters. The number of carbonyl (C=O) groups excluding carboxylic acids is 2. The summed E-state index contributed by atoms with van der Waals surface area (Å²) in [6.45, 7) is 7.70. The van der Waals surface area contributed by atoms with Gasteiger partial charge in [0.15, 0.2) is 0 Å². The molecule has 1 aliphatic rings. The van der Waals surface area contributed by atoms with Gasteiger partial charge in [-0.05, 0) is 68.0 Å². The zero-order chi connectivity index (χ0) is 26.5.